The van der Waals surface area contributed by atoms with Gasteiger partial charge in [-0.15, -0.1) is 11.3 Å². The monoisotopic (exact) mass is 290 g/mol. The predicted octanol–water partition coefficient (Wildman–Crippen LogP) is 2.90. The zero-order valence-corrected chi connectivity index (χ0v) is 12.3. The Hall–Kier alpha value is -1.59. The Morgan fingerprint density at radius 1 is 1.20 bits per heavy atom. The normalized spacial score (nSPS) is 14.1. The van der Waals surface area contributed by atoms with E-state index < -0.39 is 0 Å². The summed E-state index contributed by atoms with van der Waals surface area (Å²) in [7, 11) is 0. The standard InChI is InChI=1S/C15H18N2O2S/c1-11-8-17-15(20-11)10-16-9-12-3-4-13-14(7-12)19-6-2-5-18-13/h3-4,7-8,16H,2,5-6,9-10H2,1H3. The second kappa shape index (κ2) is 6.24. The van der Waals surface area contributed by atoms with Crippen molar-refractivity contribution < 1.29 is 9.47 Å². The number of aromatic nitrogens is 1. The third-order valence-electron chi connectivity index (χ3n) is 3.09. The average molecular weight is 290 g/mol. The molecule has 5 heteroatoms. The zero-order chi connectivity index (χ0) is 13.8. The molecule has 0 fully saturated rings. The average Bonchev–Trinajstić information content (AvgIpc) is 2.73. The number of thiazole rings is 1. The van der Waals surface area contributed by atoms with E-state index in [0.29, 0.717) is 0 Å². The number of hydrogen-bond donors (Lipinski definition) is 1. The highest BCUT2D eigenvalue weighted by atomic mass is 32.1. The zero-order valence-electron chi connectivity index (χ0n) is 11.5. The highest BCUT2D eigenvalue weighted by molar-refractivity contribution is 7.11. The summed E-state index contributed by atoms with van der Waals surface area (Å²) in [6.45, 7) is 5.13. The van der Waals surface area contributed by atoms with Crippen LogP contribution in [0, 0.1) is 6.92 Å². The lowest BCUT2D eigenvalue weighted by atomic mass is 10.2. The fraction of sp³-hybridized carbons (Fsp3) is 0.400. The van der Waals surface area contributed by atoms with Gasteiger partial charge in [-0.1, -0.05) is 6.07 Å². The highest BCUT2D eigenvalue weighted by Gasteiger charge is 2.10. The lowest BCUT2D eigenvalue weighted by Crippen LogP contribution is -2.12. The molecular weight excluding hydrogens is 272 g/mol. The summed E-state index contributed by atoms with van der Waals surface area (Å²) >= 11 is 1.73. The molecule has 0 amide bonds. The Labute approximate surface area is 122 Å². The van der Waals surface area contributed by atoms with E-state index in [9.17, 15) is 0 Å². The number of rotatable bonds is 4. The Balaban J connectivity index is 1.59. The molecule has 2 aromatic rings. The topological polar surface area (TPSA) is 43.4 Å². The van der Waals surface area contributed by atoms with Gasteiger partial charge < -0.3 is 14.8 Å². The number of nitrogens with one attached hydrogen (secondary N) is 1. The van der Waals surface area contributed by atoms with Gasteiger partial charge in [0.25, 0.3) is 0 Å². The molecule has 1 aromatic heterocycles. The molecule has 3 rings (SSSR count). The van der Waals surface area contributed by atoms with Crippen LogP contribution in [0.2, 0.25) is 0 Å². The van der Waals surface area contributed by atoms with E-state index >= 15 is 0 Å². The molecule has 1 N–H and O–H groups in total. The van der Waals surface area contributed by atoms with Gasteiger partial charge in [-0.2, -0.15) is 0 Å². The Bertz CT molecular complexity index is 583. The van der Waals surface area contributed by atoms with E-state index in [1.54, 1.807) is 11.3 Å². The van der Waals surface area contributed by atoms with Crippen molar-refractivity contribution in [3.8, 4) is 11.5 Å². The lowest BCUT2D eigenvalue weighted by Gasteiger charge is -2.09. The minimum atomic E-state index is 0.724. The molecule has 0 aliphatic carbocycles. The van der Waals surface area contributed by atoms with Crippen molar-refractivity contribution in [2.45, 2.75) is 26.4 Å². The molecule has 0 atom stereocenters. The van der Waals surface area contributed by atoms with Crippen LogP contribution in [0.3, 0.4) is 0 Å². The number of fused-ring (bicyclic) bond motifs is 1. The molecule has 20 heavy (non-hydrogen) atoms. The first-order valence-corrected chi connectivity index (χ1v) is 7.63. The minimum absolute atomic E-state index is 0.724. The lowest BCUT2D eigenvalue weighted by molar-refractivity contribution is 0.297. The number of hydrogen-bond acceptors (Lipinski definition) is 5. The molecule has 0 radical (unpaired) electrons. The van der Waals surface area contributed by atoms with Gasteiger partial charge in [0.15, 0.2) is 11.5 Å². The summed E-state index contributed by atoms with van der Waals surface area (Å²) in [5, 5.41) is 4.53. The number of nitrogens with zero attached hydrogens (tertiary/aromatic N) is 1. The van der Waals surface area contributed by atoms with E-state index in [1.165, 1.54) is 10.4 Å². The van der Waals surface area contributed by atoms with E-state index in [4.69, 9.17) is 9.47 Å². The largest absolute Gasteiger partial charge is 0.490 e. The molecule has 106 valence electrons. The molecule has 0 spiro atoms. The number of ether oxygens (including phenoxy) is 2. The summed E-state index contributed by atoms with van der Waals surface area (Å²) in [6.07, 6.45) is 2.85. The van der Waals surface area contributed by atoms with Crippen LogP contribution in [0.15, 0.2) is 24.4 Å². The Morgan fingerprint density at radius 2 is 2.05 bits per heavy atom. The fourth-order valence-electron chi connectivity index (χ4n) is 2.11. The third-order valence-corrected chi connectivity index (χ3v) is 4.00. The minimum Gasteiger partial charge on any atom is -0.490 e. The van der Waals surface area contributed by atoms with E-state index in [1.807, 2.05) is 12.3 Å². The molecule has 0 saturated heterocycles. The number of benzene rings is 1. The van der Waals surface area contributed by atoms with E-state index in [2.05, 4.69) is 29.4 Å². The SMILES string of the molecule is Cc1cnc(CNCc2ccc3c(c2)OCCCO3)s1. The van der Waals surface area contributed by atoms with Crippen molar-refractivity contribution in [1.29, 1.82) is 0 Å². The van der Waals surface area contributed by atoms with E-state index in [0.717, 1.165) is 49.2 Å². The molecule has 1 aliphatic heterocycles. The van der Waals surface area contributed by atoms with Gasteiger partial charge in [0.05, 0.1) is 13.2 Å². The maximum absolute atomic E-state index is 5.69. The van der Waals surface area contributed by atoms with Gasteiger partial charge in [-0.05, 0) is 24.6 Å². The first-order valence-electron chi connectivity index (χ1n) is 6.82. The van der Waals surface area contributed by atoms with Gasteiger partial charge >= 0.3 is 0 Å². The summed E-state index contributed by atoms with van der Waals surface area (Å²) in [6, 6.07) is 6.12. The first kappa shape index (κ1) is 13.4. The molecule has 4 nitrogen and oxygen atoms in total. The second-order valence-electron chi connectivity index (χ2n) is 4.80. The predicted molar refractivity (Wildman–Crippen MR) is 79.4 cm³/mol. The molecule has 0 unspecified atom stereocenters. The van der Waals surface area contributed by atoms with Gasteiger partial charge in [0, 0.05) is 30.6 Å². The van der Waals surface area contributed by atoms with Crippen molar-refractivity contribution in [2.24, 2.45) is 0 Å². The van der Waals surface area contributed by atoms with Crippen molar-refractivity contribution in [3.63, 3.8) is 0 Å². The smallest absolute Gasteiger partial charge is 0.161 e. The van der Waals surface area contributed by atoms with Gasteiger partial charge in [-0.3, -0.25) is 0 Å². The van der Waals surface area contributed by atoms with Crippen molar-refractivity contribution >= 4 is 11.3 Å². The van der Waals surface area contributed by atoms with Crippen molar-refractivity contribution in [1.82, 2.24) is 10.3 Å². The van der Waals surface area contributed by atoms with E-state index in [-0.39, 0.29) is 0 Å². The summed E-state index contributed by atoms with van der Waals surface area (Å²) in [5.41, 5.74) is 1.20. The van der Waals surface area contributed by atoms with Crippen molar-refractivity contribution in [3.05, 3.63) is 39.8 Å². The highest BCUT2D eigenvalue weighted by Crippen LogP contribution is 2.30. The van der Waals surface area contributed by atoms with Gasteiger partial charge in [0.1, 0.15) is 5.01 Å². The molecule has 0 bridgehead atoms. The van der Waals surface area contributed by atoms with Crippen molar-refractivity contribution in [2.75, 3.05) is 13.2 Å². The summed E-state index contributed by atoms with van der Waals surface area (Å²) < 4.78 is 11.3. The van der Waals surface area contributed by atoms with Crippen LogP contribution in [0.4, 0.5) is 0 Å². The molecule has 0 saturated carbocycles. The van der Waals surface area contributed by atoms with Crippen LogP contribution in [0.25, 0.3) is 0 Å². The third kappa shape index (κ3) is 3.29. The maximum Gasteiger partial charge on any atom is 0.161 e. The van der Waals surface area contributed by atoms with Crippen LogP contribution in [0.1, 0.15) is 21.9 Å². The van der Waals surface area contributed by atoms with Crippen LogP contribution in [-0.2, 0) is 13.1 Å². The van der Waals surface area contributed by atoms with Crippen LogP contribution >= 0.6 is 11.3 Å². The Morgan fingerprint density at radius 3 is 2.85 bits per heavy atom. The second-order valence-corrected chi connectivity index (χ2v) is 6.12. The van der Waals surface area contributed by atoms with Crippen LogP contribution < -0.4 is 14.8 Å². The maximum atomic E-state index is 5.69. The van der Waals surface area contributed by atoms with Crippen LogP contribution in [-0.4, -0.2) is 18.2 Å². The first-order chi connectivity index (χ1) is 9.81. The molecule has 2 heterocycles. The quantitative estimate of drug-likeness (QED) is 0.940. The molecule has 1 aromatic carbocycles. The van der Waals surface area contributed by atoms with Gasteiger partial charge in [-0.25, -0.2) is 4.98 Å². The number of aryl methyl sites for hydroxylation is 1. The fourth-order valence-corrected chi connectivity index (χ4v) is 2.87. The van der Waals surface area contributed by atoms with Gasteiger partial charge in [0.2, 0.25) is 0 Å². The summed E-state index contributed by atoms with van der Waals surface area (Å²) in [4.78, 5) is 5.59. The summed E-state index contributed by atoms with van der Waals surface area (Å²) in [5.74, 6) is 1.70. The van der Waals surface area contributed by atoms with Crippen LogP contribution in [0.5, 0.6) is 11.5 Å². The Kier molecular flexibility index (Phi) is 4.18. The molecular formula is C15H18N2O2S. The molecule has 1 aliphatic rings.